The highest BCUT2D eigenvalue weighted by atomic mass is 16.5. The largest absolute Gasteiger partial charge is 0.461 e. The van der Waals surface area contributed by atoms with Gasteiger partial charge in [0.1, 0.15) is 6.61 Å². The third kappa shape index (κ3) is 8.52. The molecule has 0 aromatic heterocycles. The summed E-state index contributed by atoms with van der Waals surface area (Å²) in [6.45, 7) is 2.57. The first-order valence-electron chi connectivity index (χ1n) is 7.70. The summed E-state index contributed by atoms with van der Waals surface area (Å²) in [4.78, 5) is 11.5. The van der Waals surface area contributed by atoms with Crippen LogP contribution in [0.5, 0.6) is 0 Å². The van der Waals surface area contributed by atoms with Gasteiger partial charge >= 0.3 is 5.97 Å². The van der Waals surface area contributed by atoms with Crippen LogP contribution in [0.1, 0.15) is 57.4 Å². The molecule has 0 bridgehead atoms. The van der Waals surface area contributed by atoms with E-state index in [1.54, 1.807) is 0 Å². The molecule has 0 aliphatic heterocycles. The van der Waals surface area contributed by atoms with Crippen LogP contribution in [0.2, 0.25) is 0 Å². The zero-order chi connectivity index (χ0) is 14.5. The second-order valence-corrected chi connectivity index (χ2v) is 5.01. The molecule has 0 saturated carbocycles. The predicted molar refractivity (Wildman–Crippen MR) is 84.4 cm³/mol. The Hall–Kier alpha value is -1.57. The van der Waals surface area contributed by atoms with E-state index in [0.717, 1.165) is 18.4 Å². The van der Waals surface area contributed by atoms with E-state index < -0.39 is 0 Å². The summed E-state index contributed by atoms with van der Waals surface area (Å²) in [5.74, 6) is -0.0850. The van der Waals surface area contributed by atoms with E-state index in [9.17, 15) is 4.79 Å². The molecule has 1 aromatic carbocycles. The van der Waals surface area contributed by atoms with E-state index in [2.05, 4.69) is 6.92 Å². The highest BCUT2D eigenvalue weighted by Crippen LogP contribution is 2.07. The van der Waals surface area contributed by atoms with Gasteiger partial charge in [-0.25, -0.2) is 0 Å². The summed E-state index contributed by atoms with van der Waals surface area (Å²) in [5, 5.41) is 0. The Labute approximate surface area is 122 Å². The van der Waals surface area contributed by atoms with Gasteiger partial charge in [-0.05, 0) is 18.1 Å². The lowest BCUT2D eigenvalue weighted by Crippen LogP contribution is -2.03. The molecule has 2 heteroatoms. The van der Waals surface area contributed by atoms with Crippen molar-refractivity contribution < 1.29 is 9.53 Å². The molecule has 110 valence electrons. The molecule has 0 amide bonds. The van der Waals surface area contributed by atoms with Crippen LogP contribution < -0.4 is 0 Å². The number of carbonyl (C=O) groups excluding carboxylic acids is 1. The van der Waals surface area contributed by atoms with Gasteiger partial charge in [0.25, 0.3) is 0 Å². The van der Waals surface area contributed by atoms with E-state index in [-0.39, 0.29) is 5.97 Å². The van der Waals surface area contributed by atoms with Gasteiger partial charge in [0, 0.05) is 6.42 Å². The molecular weight excluding hydrogens is 248 g/mol. The third-order valence-electron chi connectivity index (χ3n) is 3.18. The lowest BCUT2D eigenvalue weighted by atomic mass is 10.1. The minimum absolute atomic E-state index is 0.0850. The number of carbonyl (C=O) groups is 1. The fraction of sp³-hybridized carbons (Fsp3) is 0.500. The average molecular weight is 274 g/mol. The molecule has 1 aromatic rings. The third-order valence-corrected chi connectivity index (χ3v) is 3.18. The predicted octanol–water partition coefficient (Wildman–Crippen LogP) is 4.99. The summed E-state index contributed by atoms with van der Waals surface area (Å²) in [6.07, 6.45) is 11.6. The van der Waals surface area contributed by atoms with Gasteiger partial charge in [0.15, 0.2) is 0 Å². The number of benzene rings is 1. The molecular formula is C18H26O2. The van der Waals surface area contributed by atoms with Crippen molar-refractivity contribution in [3.05, 3.63) is 42.0 Å². The van der Waals surface area contributed by atoms with Crippen molar-refractivity contribution in [1.82, 2.24) is 0 Å². The quantitative estimate of drug-likeness (QED) is 0.443. The molecule has 2 nitrogen and oxygen atoms in total. The zero-order valence-corrected chi connectivity index (χ0v) is 12.5. The number of rotatable bonds is 10. The maximum Gasteiger partial charge on any atom is 0.306 e. The Morgan fingerprint density at radius 3 is 2.50 bits per heavy atom. The number of ether oxygens (including phenoxy) is 1. The smallest absolute Gasteiger partial charge is 0.306 e. The van der Waals surface area contributed by atoms with Crippen molar-refractivity contribution in [3.63, 3.8) is 0 Å². The summed E-state index contributed by atoms with van der Waals surface area (Å²) < 4.78 is 5.17. The van der Waals surface area contributed by atoms with Gasteiger partial charge in [0.2, 0.25) is 0 Å². The highest BCUT2D eigenvalue weighted by Gasteiger charge is 2.00. The second kappa shape index (κ2) is 11.3. The summed E-state index contributed by atoms with van der Waals surface area (Å²) in [7, 11) is 0. The van der Waals surface area contributed by atoms with Gasteiger partial charge in [-0.3, -0.25) is 4.79 Å². The van der Waals surface area contributed by atoms with Gasteiger partial charge in [-0.15, -0.1) is 0 Å². The van der Waals surface area contributed by atoms with Crippen LogP contribution in [0.15, 0.2) is 36.4 Å². The first-order chi connectivity index (χ1) is 9.83. The molecule has 0 radical (unpaired) electrons. The molecule has 0 spiro atoms. The lowest BCUT2D eigenvalue weighted by Gasteiger charge is -2.02. The molecule has 0 heterocycles. The van der Waals surface area contributed by atoms with E-state index in [4.69, 9.17) is 4.74 Å². The van der Waals surface area contributed by atoms with E-state index >= 15 is 0 Å². The summed E-state index contributed by atoms with van der Waals surface area (Å²) in [6, 6.07) is 10.0. The molecule has 0 atom stereocenters. The number of unbranched alkanes of at least 4 members (excludes halogenated alkanes) is 5. The van der Waals surface area contributed by atoms with E-state index in [1.165, 1.54) is 25.7 Å². The van der Waals surface area contributed by atoms with Crippen LogP contribution in [0.25, 0.3) is 6.08 Å². The molecule has 0 saturated heterocycles. The molecule has 0 unspecified atom stereocenters. The normalized spacial score (nSPS) is 10.8. The fourth-order valence-electron chi connectivity index (χ4n) is 2.01. The van der Waals surface area contributed by atoms with Crippen LogP contribution in [0.4, 0.5) is 0 Å². The SMILES string of the molecule is CCCCCCCCC(=O)OCC=Cc1ccccc1. The van der Waals surface area contributed by atoms with Crippen LogP contribution in [0, 0.1) is 0 Å². The van der Waals surface area contributed by atoms with Crippen molar-refractivity contribution in [1.29, 1.82) is 0 Å². The average Bonchev–Trinajstić information content (AvgIpc) is 2.48. The van der Waals surface area contributed by atoms with E-state index in [0.29, 0.717) is 13.0 Å². The van der Waals surface area contributed by atoms with Gasteiger partial charge in [0.05, 0.1) is 0 Å². The maximum atomic E-state index is 11.5. The standard InChI is InChI=1S/C18H26O2/c1-2-3-4-5-6-10-15-18(19)20-16-11-14-17-12-8-7-9-13-17/h7-9,11-14H,2-6,10,15-16H2,1H3. The first-order valence-corrected chi connectivity index (χ1v) is 7.70. The molecule has 0 fully saturated rings. The number of hydrogen-bond acceptors (Lipinski definition) is 2. The Kier molecular flexibility index (Phi) is 9.29. The summed E-state index contributed by atoms with van der Waals surface area (Å²) >= 11 is 0. The van der Waals surface area contributed by atoms with Crippen molar-refractivity contribution in [3.8, 4) is 0 Å². The maximum absolute atomic E-state index is 11.5. The number of hydrogen-bond donors (Lipinski definition) is 0. The van der Waals surface area contributed by atoms with Crippen LogP contribution in [-0.2, 0) is 9.53 Å². The monoisotopic (exact) mass is 274 g/mol. The lowest BCUT2D eigenvalue weighted by molar-refractivity contribution is -0.142. The second-order valence-electron chi connectivity index (χ2n) is 5.01. The minimum atomic E-state index is -0.0850. The van der Waals surface area contributed by atoms with Crippen LogP contribution in [-0.4, -0.2) is 12.6 Å². The molecule has 0 aliphatic rings. The first kappa shape index (κ1) is 16.5. The Morgan fingerprint density at radius 1 is 1.05 bits per heavy atom. The van der Waals surface area contributed by atoms with Crippen molar-refractivity contribution in [2.45, 2.75) is 51.9 Å². The molecule has 0 aliphatic carbocycles. The van der Waals surface area contributed by atoms with Crippen molar-refractivity contribution in [2.75, 3.05) is 6.61 Å². The van der Waals surface area contributed by atoms with Gasteiger partial charge < -0.3 is 4.74 Å². The van der Waals surface area contributed by atoms with E-state index in [1.807, 2.05) is 42.5 Å². The fourth-order valence-corrected chi connectivity index (χ4v) is 2.01. The number of esters is 1. The van der Waals surface area contributed by atoms with Gasteiger partial charge in [-0.2, -0.15) is 0 Å². The topological polar surface area (TPSA) is 26.3 Å². The molecule has 0 N–H and O–H groups in total. The Bertz CT molecular complexity index is 382. The molecule has 1 rings (SSSR count). The Balaban J connectivity index is 2.01. The summed E-state index contributed by atoms with van der Waals surface area (Å²) in [5.41, 5.74) is 1.12. The zero-order valence-electron chi connectivity index (χ0n) is 12.5. The van der Waals surface area contributed by atoms with Crippen LogP contribution in [0.3, 0.4) is 0 Å². The van der Waals surface area contributed by atoms with Gasteiger partial charge in [-0.1, -0.05) is 75.4 Å². The highest BCUT2D eigenvalue weighted by molar-refractivity contribution is 5.69. The minimum Gasteiger partial charge on any atom is -0.461 e. The molecule has 20 heavy (non-hydrogen) atoms. The Morgan fingerprint density at radius 2 is 1.75 bits per heavy atom. The van der Waals surface area contributed by atoms with Crippen molar-refractivity contribution in [2.24, 2.45) is 0 Å². The van der Waals surface area contributed by atoms with Crippen molar-refractivity contribution >= 4 is 12.0 Å². The van der Waals surface area contributed by atoms with Crippen LogP contribution >= 0.6 is 0 Å².